The van der Waals surface area contributed by atoms with Gasteiger partial charge < -0.3 is 5.32 Å². The molecule has 0 atom stereocenters. The summed E-state index contributed by atoms with van der Waals surface area (Å²) in [5.41, 5.74) is 1.64. The van der Waals surface area contributed by atoms with Gasteiger partial charge in [0.1, 0.15) is 5.82 Å². The molecule has 1 aromatic carbocycles. The molecule has 0 radical (unpaired) electrons. The molecule has 0 saturated heterocycles. The first-order valence-corrected chi connectivity index (χ1v) is 7.03. The first kappa shape index (κ1) is 14.6. The van der Waals surface area contributed by atoms with E-state index < -0.39 is 5.91 Å². The fraction of sp³-hybridized carbons (Fsp3) is 0.0588. The van der Waals surface area contributed by atoms with Crippen LogP contribution in [0.5, 0.6) is 0 Å². The number of hydrogen-bond acceptors (Lipinski definition) is 4. The Hall–Kier alpha value is -3.28. The largest absolute Gasteiger partial charge is 0.305 e. The van der Waals surface area contributed by atoms with E-state index in [1.54, 1.807) is 36.5 Å². The number of rotatable bonds is 3. The van der Waals surface area contributed by atoms with Gasteiger partial charge in [-0.25, -0.2) is 9.67 Å². The van der Waals surface area contributed by atoms with Gasteiger partial charge in [-0.15, -0.1) is 0 Å². The van der Waals surface area contributed by atoms with Gasteiger partial charge in [0.05, 0.1) is 0 Å². The summed E-state index contributed by atoms with van der Waals surface area (Å²) in [7, 11) is 0. The lowest BCUT2D eigenvalue weighted by molar-refractivity contribution is 0.0944. The lowest BCUT2D eigenvalue weighted by Crippen LogP contribution is -2.17. The molecule has 0 unspecified atom stereocenters. The highest BCUT2D eigenvalue weighted by atomic mass is 16.2. The molecule has 0 saturated carbocycles. The maximum atomic E-state index is 12.2. The molecular weight excluding hydrogens is 292 g/mol. The van der Waals surface area contributed by atoms with Crippen LogP contribution >= 0.6 is 0 Å². The number of carbonyl (C=O) groups is 2. The van der Waals surface area contributed by atoms with E-state index >= 15 is 0 Å². The maximum Gasteiger partial charge on any atom is 0.278 e. The Morgan fingerprint density at radius 2 is 1.87 bits per heavy atom. The topological polar surface area (TPSA) is 76.9 Å². The maximum absolute atomic E-state index is 12.2. The Balaban J connectivity index is 1.76. The van der Waals surface area contributed by atoms with E-state index in [2.05, 4.69) is 15.4 Å². The van der Waals surface area contributed by atoms with Gasteiger partial charge in [0.25, 0.3) is 11.8 Å². The minimum absolute atomic E-state index is 0.151. The Morgan fingerprint density at radius 1 is 1.09 bits per heavy atom. The van der Waals surface area contributed by atoms with Crippen LogP contribution in [0, 0.1) is 6.92 Å². The average molecular weight is 306 g/mol. The van der Waals surface area contributed by atoms with Gasteiger partial charge in [0.15, 0.2) is 5.69 Å². The minimum atomic E-state index is -0.414. The van der Waals surface area contributed by atoms with E-state index in [4.69, 9.17) is 0 Å². The number of benzene rings is 1. The number of aryl methyl sites for hydroxylation is 1. The minimum Gasteiger partial charge on any atom is -0.305 e. The molecule has 6 heteroatoms. The summed E-state index contributed by atoms with van der Waals surface area (Å²) in [5.74, 6) is -0.264. The molecule has 6 nitrogen and oxygen atoms in total. The number of pyridine rings is 1. The molecular formula is C17H14N4O2. The average Bonchev–Trinajstić information content (AvgIpc) is 3.05. The quantitative estimate of drug-likeness (QED) is 0.806. The molecule has 2 heterocycles. The Labute approximate surface area is 132 Å². The lowest BCUT2D eigenvalue weighted by Gasteiger charge is -2.03. The molecule has 0 aliphatic heterocycles. The molecule has 2 aromatic heterocycles. The molecule has 0 aliphatic carbocycles. The summed E-state index contributed by atoms with van der Waals surface area (Å²) < 4.78 is 1.15. The van der Waals surface area contributed by atoms with Crippen LogP contribution < -0.4 is 5.32 Å². The summed E-state index contributed by atoms with van der Waals surface area (Å²) in [6, 6.07) is 13.8. The normalized spacial score (nSPS) is 10.3. The highest BCUT2D eigenvalue weighted by molar-refractivity contribution is 6.03. The molecule has 3 aromatic rings. The molecule has 3 rings (SSSR count). The van der Waals surface area contributed by atoms with Gasteiger partial charge in [-0.2, -0.15) is 5.10 Å². The standard InChI is InChI=1S/C17H14N4O2/c1-12-7-9-18-15(11-12)19-16(22)14-8-10-21(20-14)17(23)13-5-3-2-4-6-13/h2-11H,1H3,(H,18,19,22). The van der Waals surface area contributed by atoms with Crippen LogP contribution in [0.15, 0.2) is 60.9 Å². The van der Waals surface area contributed by atoms with E-state index in [1.807, 2.05) is 19.1 Å². The highest BCUT2D eigenvalue weighted by Crippen LogP contribution is 2.08. The zero-order valence-corrected chi connectivity index (χ0v) is 12.4. The second kappa shape index (κ2) is 6.23. The van der Waals surface area contributed by atoms with E-state index in [-0.39, 0.29) is 11.6 Å². The van der Waals surface area contributed by atoms with Crippen molar-refractivity contribution in [3.8, 4) is 0 Å². The number of amides is 1. The monoisotopic (exact) mass is 306 g/mol. The smallest absolute Gasteiger partial charge is 0.278 e. The molecule has 0 spiro atoms. The van der Waals surface area contributed by atoms with Crippen LogP contribution in [-0.4, -0.2) is 26.6 Å². The predicted molar refractivity (Wildman–Crippen MR) is 85.3 cm³/mol. The van der Waals surface area contributed by atoms with Crippen LogP contribution in [0.1, 0.15) is 26.4 Å². The number of anilines is 1. The Kier molecular flexibility index (Phi) is 3.97. The Bertz CT molecular complexity index is 856. The third kappa shape index (κ3) is 3.32. The van der Waals surface area contributed by atoms with Crippen molar-refractivity contribution >= 4 is 17.6 Å². The fourth-order valence-electron chi connectivity index (χ4n) is 2.06. The van der Waals surface area contributed by atoms with Gasteiger partial charge in [0, 0.05) is 18.0 Å². The number of hydrogen-bond donors (Lipinski definition) is 1. The van der Waals surface area contributed by atoms with Gasteiger partial charge in [0.2, 0.25) is 0 Å². The first-order chi connectivity index (χ1) is 11.1. The van der Waals surface area contributed by atoms with Crippen molar-refractivity contribution in [2.75, 3.05) is 5.32 Å². The first-order valence-electron chi connectivity index (χ1n) is 7.03. The van der Waals surface area contributed by atoms with Crippen LogP contribution in [0.4, 0.5) is 5.82 Å². The Morgan fingerprint density at radius 3 is 2.61 bits per heavy atom. The zero-order chi connectivity index (χ0) is 16.2. The van der Waals surface area contributed by atoms with Crippen molar-refractivity contribution in [2.45, 2.75) is 6.92 Å². The number of nitrogens with one attached hydrogen (secondary N) is 1. The van der Waals surface area contributed by atoms with Gasteiger partial charge >= 0.3 is 0 Å². The van der Waals surface area contributed by atoms with Crippen LogP contribution in [-0.2, 0) is 0 Å². The van der Waals surface area contributed by atoms with Crippen LogP contribution in [0.3, 0.4) is 0 Å². The SMILES string of the molecule is Cc1ccnc(NC(=O)c2ccn(C(=O)c3ccccc3)n2)c1. The van der Waals surface area contributed by atoms with Gasteiger partial charge in [-0.3, -0.25) is 9.59 Å². The molecule has 0 aliphatic rings. The molecule has 114 valence electrons. The molecule has 1 N–H and O–H groups in total. The highest BCUT2D eigenvalue weighted by Gasteiger charge is 2.14. The summed E-state index contributed by atoms with van der Waals surface area (Å²) >= 11 is 0. The molecule has 23 heavy (non-hydrogen) atoms. The third-order valence-corrected chi connectivity index (χ3v) is 3.21. The molecule has 1 amide bonds. The number of aromatic nitrogens is 3. The number of carbonyl (C=O) groups excluding carboxylic acids is 2. The van der Waals surface area contributed by atoms with Crippen molar-refractivity contribution < 1.29 is 9.59 Å². The molecule has 0 bridgehead atoms. The summed E-state index contributed by atoms with van der Waals surface area (Å²) in [6.07, 6.45) is 3.08. The summed E-state index contributed by atoms with van der Waals surface area (Å²) in [4.78, 5) is 28.5. The van der Waals surface area contributed by atoms with Gasteiger partial charge in [-0.05, 0) is 42.8 Å². The van der Waals surface area contributed by atoms with Crippen molar-refractivity contribution in [1.29, 1.82) is 0 Å². The van der Waals surface area contributed by atoms with Crippen molar-refractivity contribution in [2.24, 2.45) is 0 Å². The van der Waals surface area contributed by atoms with Crippen LogP contribution in [0.2, 0.25) is 0 Å². The van der Waals surface area contributed by atoms with E-state index in [0.717, 1.165) is 10.2 Å². The van der Waals surface area contributed by atoms with E-state index in [1.165, 1.54) is 12.3 Å². The lowest BCUT2D eigenvalue weighted by atomic mass is 10.2. The molecule has 0 fully saturated rings. The fourth-order valence-corrected chi connectivity index (χ4v) is 2.06. The number of nitrogens with zero attached hydrogens (tertiary/aromatic N) is 3. The van der Waals surface area contributed by atoms with Crippen molar-refractivity contribution in [3.63, 3.8) is 0 Å². The van der Waals surface area contributed by atoms with Gasteiger partial charge in [-0.1, -0.05) is 18.2 Å². The second-order valence-corrected chi connectivity index (χ2v) is 4.99. The predicted octanol–water partition coefficient (Wildman–Crippen LogP) is 2.53. The second-order valence-electron chi connectivity index (χ2n) is 4.99. The third-order valence-electron chi connectivity index (χ3n) is 3.21. The summed E-state index contributed by atoms with van der Waals surface area (Å²) in [6.45, 7) is 1.91. The van der Waals surface area contributed by atoms with Crippen molar-refractivity contribution in [1.82, 2.24) is 14.8 Å². The van der Waals surface area contributed by atoms with Crippen molar-refractivity contribution in [3.05, 3.63) is 77.7 Å². The van der Waals surface area contributed by atoms with E-state index in [9.17, 15) is 9.59 Å². The zero-order valence-electron chi connectivity index (χ0n) is 12.4. The van der Waals surface area contributed by atoms with Crippen LogP contribution in [0.25, 0.3) is 0 Å². The van der Waals surface area contributed by atoms with E-state index in [0.29, 0.717) is 11.4 Å². The summed E-state index contributed by atoms with van der Waals surface area (Å²) in [5, 5.41) is 6.69.